The van der Waals surface area contributed by atoms with Gasteiger partial charge < -0.3 is 18.9 Å². The first-order chi connectivity index (χ1) is 21.6. The van der Waals surface area contributed by atoms with E-state index in [1.54, 1.807) is 15.4 Å². The van der Waals surface area contributed by atoms with E-state index in [1.165, 1.54) is 6.07 Å². The van der Waals surface area contributed by atoms with Crippen LogP contribution in [0.5, 0.6) is 0 Å². The molecule has 1 fully saturated rings. The zero-order valence-corrected chi connectivity index (χ0v) is 25.3. The summed E-state index contributed by atoms with van der Waals surface area (Å²) in [6, 6.07) is 11.0. The molecule has 0 atom stereocenters. The molecular formula is C29H36N8O6S. The number of hydrogen-bond acceptors (Lipinski definition) is 12. The molecule has 3 aliphatic heterocycles. The molecule has 0 N–H and O–H groups in total. The molecule has 7 rings (SSSR count). The van der Waals surface area contributed by atoms with Crippen molar-refractivity contribution < 1.29 is 23.9 Å². The highest BCUT2D eigenvalue weighted by Gasteiger charge is 2.17. The van der Waals surface area contributed by atoms with Crippen LogP contribution in [-0.2, 0) is 32.0 Å². The minimum absolute atomic E-state index is 0.0803. The molecule has 3 aliphatic rings. The Hall–Kier alpha value is -3.57. The average Bonchev–Trinajstić information content (AvgIpc) is 3.80. The summed E-state index contributed by atoms with van der Waals surface area (Å²) in [5, 5.41) is 21.2. The molecule has 0 unspecified atom stereocenters. The molecule has 1 saturated heterocycles. The fourth-order valence-electron chi connectivity index (χ4n) is 5.02. The summed E-state index contributed by atoms with van der Waals surface area (Å²) in [7, 11) is 0. The standard InChI is InChI=1S/C29H36N8O6S/c38-37(39)29-2-1-26(44-29)23-19-27-30-28(20-23)36-6-4-25(32-36)22-34-9-13-42-17-15-40-11-7-33(21-24-3-5-35(27)31-24)8-12-41-16-18-43-14-10-34/h1-6,19-20H,7-18,21-22H2. The minimum Gasteiger partial charge on any atom is -0.378 e. The molecule has 234 valence electrons. The van der Waals surface area contributed by atoms with Gasteiger partial charge in [0.25, 0.3) is 0 Å². The van der Waals surface area contributed by atoms with Crippen molar-refractivity contribution in [2.24, 2.45) is 0 Å². The number of ether oxygens (including phenoxy) is 4. The van der Waals surface area contributed by atoms with Gasteiger partial charge in [-0.15, -0.1) is 0 Å². The lowest BCUT2D eigenvalue weighted by Crippen LogP contribution is -2.33. The summed E-state index contributed by atoms with van der Waals surface area (Å²) in [5.41, 5.74) is 2.53. The van der Waals surface area contributed by atoms with Crippen LogP contribution in [0, 0.1) is 10.1 Å². The van der Waals surface area contributed by atoms with E-state index >= 15 is 0 Å². The second-order valence-corrected chi connectivity index (χ2v) is 11.5. The predicted octanol–water partition coefficient (Wildman–Crippen LogP) is 2.79. The molecule has 14 nitrogen and oxygen atoms in total. The molecule has 44 heavy (non-hydrogen) atoms. The highest BCUT2D eigenvalue weighted by molar-refractivity contribution is 7.18. The maximum absolute atomic E-state index is 11.4. The predicted molar refractivity (Wildman–Crippen MR) is 162 cm³/mol. The number of nitrogens with zero attached hydrogens (tertiary/aromatic N) is 8. The van der Waals surface area contributed by atoms with Crippen molar-refractivity contribution in [1.29, 1.82) is 0 Å². The van der Waals surface area contributed by atoms with Crippen molar-refractivity contribution >= 4 is 16.3 Å². The third kappa shape index (κ3) is 8.12. The van der Waals surface area contributed by atoms with E-state index in [1.807, 2.05) is 36.7 Å². The SMILES string of the molecule is O=[N+]([O-])c1ccc(-c2cc3nc(c2)-n2ccc(n2)CN2CCOCCOCCN(CCOCCOCC2)Cc2ccn-3n2)s1. The van der Waals surface area contributed by atoms with E-state index in [9.17, 15) is 10.1 Å². The Labute approximate surface area is 258 Å². The summed E-state index contributed by atoms with van der Waals surface area (Å²) in [5.74, 6) is 1.17. The number of hydrogen-bond donors (Lipinski definition) is 0. The summed E-state index contributed by atoms with van der Waals surface area (Å²) < 4.78 is 27.0. The van der Waals surface area contributed by atoms with Crippen molar-refractivity contribution in [3.05, 3.63) is 70.3 Å². The lowest BCUT2D eigenvalue weighted by atomic mass is 10.2. The monoisotopic (exact) mass is 624 g/mol. The fourth-order valence-corrected chi connectivity index (χ4v) is 5.83. The molecule has 0 aromatic carbocycles. The van der Waals surface area contributed by atoms with Crippen LogP contribution in [0.2, 0.25) is 0 Å². The van der Waals surface area contributed by atoms with Crippen LogP contribution < -0.4 is 0 Å². The van der Waals surface area contributed by atoms with Crippen LogP contribution in [0.25, 0.3) is 22.1 Å². The van der Waals surface area contributed by atoms with Crippen LogP contribution in [0.15, 0.2) is 48.8 Å². The van der Waals surface area contributed by atoms with E-state index in [2.05, 4.69) is 9.80 Å². The molecule has 0 spiro atoms. The summed E-state index contributed by atoms with van der Waals surface area (Å²) in [4.78, 5) is 21.2. The van der Waals surface area contributed by atoms with Crippen molar-refractivity contribution in [3.8, 4) is 22.1 Å². The molecule has 4 aromatic rings. The minimum atomic E-state index is -0.373. The Bertz CT molecular complexity index is 1420. The van der Waals surface area contributed by atoms with Crippen molar-refractivity contribution in [2.45, 2.75) is 13.1 Å². The van der Waals surface area contributed by atoms with Crippen molar-refractivity contribution in [2.75, 3.05) is 79.0 Å². The quantitative estimate of drug-likeness (QED) is 0.241. The Morgan fingerprint density at radius 1 is 0.682 bits per heavy atom. The van der Waals surface area contributed by atoms with Gasteiger partial charge in [0, 0.05) is 62.6 Å². The summed E-state index contributed by atoms with van der Waals surface area (Å²) in [6.45, 7) is 8.50. The van der Waals surface area contributed by atoms with Gasteiger partial charge in [0.05, 0.1) is 69.2 Å². The third-order valence-corrected chi connectivity index (χ3v) is 8.42. The van der Waals surface area contributed by atoms with Gasteiger partial charge in [-0.05, 0) is 35.9 Å². The first kappa shape index (κ1) is 30.5. The number of pyridine rings is 1. The lowest BCUT2D eigenvalue weighted by molar-refractivity contribution is -0.380. The van der Waals surface area contributed by atoms with Gasteiger partial charge in [0.1, 0.15) is 0 Å². The number of rotatable bonds is 2. The maximum Gasteiger partial charge on any atom is 0.324 e. The zero-order chi connectivity index (χ0) is 30.1. The maximum atomic E-state index is 11.4. The van der Waals surface area contributed by atoms with E-state index in [0.29, 0.717) is 77.6 Å². The van der Waals surface area contributed by atoms with Gasteiger partial charge in [-0.2, -0.15) is 10.2 Å². The smallest absolute Gasteiger partial charge is 0.324 e. The second-order valence-electron chi connectivity index (χ2n) is 10.5. The second kappa shape index (κ2) is 14.9. The Morgan fingerprint density at radius 3 is 1.59 bits per heavy atom. The molecule has 0 saturated carbocycles. The highest BCUT2D eigenvalue weighted by Crippen LogP contribution is 2.34. The van der Waals surface area contributed by atoms with E-state index in [4.69, 9.17) is 34.1 Å². The van der Waals surface area contributed by atoms with Gasteiger partial charge in [-0.25, -0.2) is 14.3 Å². The van der Waals surface area contributed by atoms with Gasteiger partial charge >= 0.3 is 5.00 Å². The molecular weight excluding hydrogens is 588 g/mol. The number of thiophene rings is 1. The Morgan fingerprint density at radius 2 is 1.16 bits per heavy atom. The normalized spacial score (nSPS) is 21.1. The first-order valence-corrected chi connectivity index (χ1v) is 15.5. The molecule has 15 heteroatoms. The highest BCUT2D eigenvalue weighted by atomic mass is 32.1. The number of nitro groups is 1. The van der Waals surface area contributed by atoms with E-state index in [-0.39, 0.29) is 9.92 Å². The Kier molecular flexibility index (Phi) is 10.3. The van der Waals surface area contributed by atoms with Crippen LogP contribution in [0.4, 0.5) is 5.00 Å². The van der Waals surface area contributed by atoms with E-state index < -0.39 is 0 Å². The number of aromatic nitrogens is 5. The van der Waals surface area contributed by atoms with Crippen LogP contribution in [0.1, 0.15) is 11.4 Å². The lowest BCUT2D eigenvalue weighted by Gasteiger charge is -2.23. The van der Waals surface area contributed by atoms with Gasteiger partial charge in [-0.3, -0.25) is 19.9 Å². The summed E-state index contributed by atoms with van der Waals surface area (Å²) >= 11 is 1.12. The van der Waals surface area contributed by atoms with Gasteiger partial charge in [-0.1, -0.05) is 11.3 Å². The molecule has 8 bridgehead atoms. The number of fused-ring (bicyclic) bond motifs is 14. The summed E-state index contributed by atoms with van der Waals surface area (Å²) in [6.07, 6.45) is 3.76. The molecule has 0 aliphatic carbocycles. The van der Waals surface area contributed by atoms with Crippen LogP contribution >= 0.6 is 11.3 Å². The molecule has 7 heterocycles. The van der Waals surface area contributed by atoms with Gasteiger partial charge in [0.15, 0.2) is 11.6 Å². The molecule has 0 amide bonds. The van der Waals surface area contributed by atoms with E-state index in [0.717, 1.165) is 59.3 Å². The largest absolute Gasteiger partial charge is 0.378 e. The molecule has 4 aromatic heterocycles. The zero-order valence-electron chi connectivity index (χ0n) is 24.5. The van der Waals surface area contributed by atoms with Crippen molar-refractivity contribution in [1.82, 2.24) is 34.3 Å². The fraction of sp³-hybridized carbons (Fsp3) is 0.483. The Balaban J connectivity index is 1.38. The molecule has 0 radical (unpaired) electrons. The topological polar surface area (TPSA) is 135 Å². The van der Waals surface area contributed by atoms with Gasteiger partial charge in [0.2, 0.25) is 0 Å². The van der Waals surface area contributed by atoms with Crippen LogP contribution in [0.3, 0.4) is 0 Å². The first-order valence-electron chi connectivity index (χ1n) is 14.7. The van der Waals surface area contributed by atoms with Crippen LogP contribution in [-0.4, -0.2) is 118 Å². The van der Waals surface area contributed by atoms with Crippen molar-refractivity contribution in [3.63, 3.8) is 0 Å². The third-order valence-electron chi connectivity index (χ3n) is 7.34. The average molecular weight is 625 g/mol.